The van der Waals surface area contributed by atoms with E-state index in [0.717, 1.165) is 6.54 Å². The number of hydrogen-bond donors (Lipinski definition) is 1. The number of rotatable bonds is 5. The van der Waals surface area contributed by atoms with Gasteiger partial charge >= 0.3 is 5.97 Å². The molecule has 1 aromatic rings. The fraction of sp³-hybridized carbons (Fsp3) is 0.417. The van der Waals surface area contributed by atoms with Crippen LogP contribution in [0, 0.1) is 0 Å². The van der Waals surface area contributed by atoms with Gasteiger partial charge in [0.1, 0.15) is 5.75 Å². The van der Waals surface area contributed by atoms with Gasteiger partial charge in [-0.25, -0.2) is 4.79 Å². The van der Waals surface area contributed by atoms with Crippen molar-refractivity contribution in [3.05, 3.63) is 29.8 Å². The minimum Gasteiger partial charge on any atom is -0.479 e. The Bertz CT molecular complexity index is 346. The molecular formula is C12H17NO3. The van der Waals surface area contributed by atoms with Gasteiger partial charge in [0, 0.05) is 6.54 Å². The Balaban J connectivity index is 2.61. The van der Waals surface area contributed by atoms with Gasteiger partial charge in [0.15, 0.2) is 6.10 Å². The van der Waals surface area contributed by atoms with E-state index < -0.39 is 12.1 Å². The topological polar surface area (TPSA) is 49.8 Å². The average molecular weight is 223 g/mol. The van der Waals surface area contributed by atoms with Crippen molar-refractivity contribution in [3.63, 3.8) is 0 Å². The zero-order valence-corrected chi connectivity index (χ0v) is 9.80. The van der Waals surface area contributed by atoms with Crippen molar-refractivity contribution < 1.29 is 14.6 Å². The molecule has 0 saturated carbocycles. The summed E-state index contributed by atoms with van der Waals surface area (Å²) in [7, 11) is 3.99. The Morgan fingerprint density at radius 3 is 2.38 bits per heavy atom. The first kappa shape index (κ1) is 12.5. The summed E-state index contributed by atoms with van der Waals surface area (Å²) in [5.41, 5.74) is 1.17. The van der Waals surface area contributed by atoms with Crippen LogP contribution in [0.4, 0.5) is 0 Å². The number of aliphatic carboxylic acids is 1. The largest absolute Gasteiger partial charge is 0.479 e. The van der Waals surface area contributed by atoms with Crippen molar-refractivity contribution in [3.8, 4) is 5.75 Å². The number of carboxylic acids is 1. The molecule has 0 aliphatic rings. The quantitative estimate of drug-likeness (QED) is 0.823. The zero-order chi connectivity index (χ0) is 12.1. The van der Waals surface area contributed by atoms with Gasteiger partial charge < -0.3 is 14.7 Å². The highest BCUT2D eigenvalue weighted by molar-refractivity contribution is 5.72. The van der Waals surface area contributed by atoms with Gasteiger partial charge in [-0.15, -0.1) is 0 Å². The Labute approximate surface area is 95.5 Å². The number of nitrogens with zero attached hydrogens (tertiary/aromatic N) is 1. The standard InChI is InChI=1S/C12H17NO3/c1-9(12(14)15)16-11-6-4-10(5-7-11)8-13(2)3/h4-7,9H,8H2,1-3H3,(H,14,15). The van der Waals surface area contributed by atoms with E-state index in [0.29, 0.717) is 5.75 Å². The minimum absolute atomic E-state index is 0.581. The number of carboxylic acid groups (broad SMARTS) is 1. The Kier molecular flexibility index (Phi) is 4.31. The van der Waals surface area contributed by atoms with Crippen LogP contribution in [0.5, 0.6) is 5.75 Å². The minimum atomic E-state index is -0.961. The van der Waals surface area contributed by atoms with Crippen LogP contribution in [0.15, 0.2) is 24.3 Å². The predicted molar refractivity (Wildman–Crippen MR) is 61.6 cm³/mol. The summed E-state index contributed by atoms with van der Waals surface area (Å²) in [5.74, 6) is -0.380. The molecular weight excluding hydrogens is 206 g/mol. The van der Waals surface area contributed by atoms with Crippen LogP contribution in [-0.2, 0) is 11.3 Å². The second-order valence-electron chi connectivity index (χ2n) is 3.98. The van der Waals surface area contributed by atoms with E-state index in [2.05, 4.69) is 4.90 Å². The van der Waals surface area contributed by atoms with Crippen LogP contribution in [0.1, 0.15) is 12.5 Å². The fourth-order valence-corrected chi connectivity index (χ4v) is 1.29. The van der Waals surface area contributed by atoms with Gasteiger partial charge in [0.2, 0.25) is 0 Å². The molecule has 0 spiro atoms. The lowest BCUT2D eigenvalue weighted by Crippen LogP contribution is -2.22. The number of hydrogen-bond acceptors (Lipinski definition) is 3. The highest BCUT2D eigenvalue weighted by Gasteiger charge is 2.11. The predicted octanol–water partition coefficient (Wildman–Crippen LogP) is 1.60. The van der Waals surface area contributed by atoms with E-state index in [9.17, 15) is 4.79 Å². The molecule has 0 aliphatic heterocycles. The van der Waals surface area contributed by atoms with Crippen LogP contribution >= 0.6 is 0 Å². The molecule has 1 atom stereocenters. The smallest absolute Gasteiger partial charge is 0.344 e. The second-order valence-corrected chi connectivity index (χ2v) is 3.98. The van der Waals surface area contributed by atoms with Gasteiger partial charge in [-0.05, 0) is 38.7 Å². The lowest BCUT2D eigenvalue weighted by atomic mass is 10.2. The van der Waals surface area contributed by atoms with Crippen molar-refractivity contribution in [1.29, 1.82) is 0 Å². The molecule has 0 fully saturated rings. The van der Waals surface area contributed by atoms with Gasteiger partial charge in [-0.2, -0.15) is 0 Å². The first-order valence-electron chi connectivity index (χ1n) is 5.12. The average Bonchev–Trinajstić information content (AvgIpc) is 2.20. The zero-order valence-electron chi connectivity index (χ0n) is 9.80. The molecule has 1 aromatic carbocycles. The van der Waals surface area contributed by atoms with Gasteiger partial charge in [0.25, 0.3) is 0 Å². The fourth-order valence-electron chi connectivity index (χ4n) is 1.29. The molecule has 0 aromatic heterocycles. The maximum atomic E-state index is 10.6. The molecule has 0 radical (unpaired) electrons. The summed E-state index contributed by atoms with van der Waals surface area (Å²) in [4.78, 5) is 12.6. The lowest BCUT2D eigenvalue weighted by molar-refractivity contribution is -0.144. The highest BCUT2D eigenvalue weighted by Crippen LogP contribution is 2.14. The molecule has 4 nitrogen and oxygen atoms in total. The molecule has 0 bridgehead atoms. The molecule has 16 heavy (non-hydrogen) atoms. The van der Waals surface area contributed by atoms with Crippen molar-refractivity contribution in [2.45, 2.75) is 19.6 Å². The Morgan fingerprint density at radius 1 is 1.38 bits per heavy atom. The summed E-state index contributed by atoms with van der Waals surface area (Å²) < 4.78 is 5.22. The molecule has 0 saturated heterocycles. The third kappa shape index (κ3) is 3.90. The SMILES string of the molecule is CC(Oc1ccc(CN(C)C)cc1)C(=O)O. The molecule has 1 rings (SSSR count). The van der Waals surface area contributed by atoms with Gasteiger partial charge in [-0.1, -0.05) is 12.1 Å². The molecule has 1 unspecified atom stereocenters. The van der Waals surface area contributed by atoms with Gasteiger partial charge in [0.05, 0.1) is 0 Å². The summed E-state index contributed by atoms with van der Waals surface area (Å²) in [6, 6.07) is 7.45. The summed E-state index contributed by atoms with van der Waals surface area (Å²) in [6.07, 6.45) is -0.820. The van der Waals surface area contributed by atoms with Crippen LogP contribution in [0.3, 0.4) is 0 Å². The molecule has 4 heteroatoms. The number of benzene rings is 1. The van der Waals surface area contributed by atoms with Crippen LogP contribution in [-0.4, -0.2) is 36.2 Å². The maximum absolute atomic E-state index is 10.6. The van der Waals surface area contributed by atoms with Crippen LogP contribution in [0.25, 0.3) is 0 Å². The van der Waals surface area contributed by atoms with Gasteiger partial charge in [-0.3, -0.25) is 0 Å². The second kappa shape index (κ2) is 5.51. The summed E-state index contributed by atoms with van der Waals surface area (Å²) in [5, 5.41) is 8.69. The monoisotopic (exact) mass is 223 g/mol. The van der Waals surface area contributed by atoms with E-state index in [1.807, 2.05) is 26.2 Å². The third-order valence-electron chi connectivity index (χ3n) is 2.08. The molecule has 0 aliphatic carbocycles. The van der Waals surface area contributed by atoms with Crippen LogP contribution in [0.2, 0.25) is 0 Å². The Hall–Kier alpha value is -1.55. The van der Waals surface area contributed by atoms with E-state index >= 15 is 0 Å². The Morgan fingerprint density at radius 2 is 1.94 bits per heavy atom. The van der Waals surface area contributed by atoms with E-state index in [-0.39, 0.29) is 0 Å². The molecule has 0 amide bonds. The maximum Gasteiger partial charge on any atom is 0.344 e. The molecule has 88 valence electrons. The van der Waals surface area contributed by atoms with Crippen molar-refractivity contribution >= 4 is 5.97 Å². The first-order chi connectivity index (χ1) is 7.49. The van der Waals surface area contributed by atoms with Crippen molar-refractivity contribution in [1.82, 2.24) is 4.90 Å². The normalized spacial score (nSPS) is 12.5. The summed E-state index contributed by atoms with van der Waals surface area (Å²) in [6.45, 7) is 2.37. The lowest BCUT2D eigenvalue weighted by Gasteiger charge is -2.12. The van der Waals surface area contributed by atoms with Crippen molar-refractivity contribution in [2.24, 2.45) is 0 Å². The molecule has 0 heterocycles. The number of carbonyl (C=O) groups is 1. The third-order valence-corrected chi connectivity index (χ3v) is 2.08. The highest BCUT2D eigenvalue weighted by atomic mass is 16.5. The van der Waals surface area contributed by atoms with E-state index in [1.54, 1.807) is 12.1 Å². The van der Waals surface area contributed by atoms with Crippen LogP contribution < -0.4 is 4.74 Å². The first-order valence-corrected chi connectivity index (χ1v) is 5.12. The van der Waals surface area contributed by atoms with Crippen molar-refractivity contribution in [2.75, 3.05) is 14.1 Å². The summed E-state index contributed by atoms with van der Waals surface area (Å²) >= 11 is 0. The molecule has 1 N–H and O–H groups in total. The van der Waals surface area contributed by atoms with E-state index in [4.69, 9.17) is 9.84 Å². The number of ether oxygens (including phenoxy) is 1. The van der Waals surface area contributed by atoms with E-state index in [1.165, 1.54) is 12.5 Å².